The van der Waals surface area contributed by atoms with Gasteiger partial charge in [-0.2, -0.15) is 0 Å². The minimum absolute atomic E-state index is 0.576. The normalized spacial score (nSPS) is 38.9. The smallest absolute Gasteiger partial charge is 0.0453 e. The van der Waals surface area contributed by atoms with Gasteiger partial charge in [0.25, 0.3) is 0 Å². The Bertz CT molecular complexity index is 514. The number of halogens is 2. The van der Waals surface area contributed by atoms with Crippen LogP contribution in [0, 0.1) is 29.6 Å². The predicted molar refractivity (Wildman–Crippen MR) is 84.3 cm³/mol. The molecule has 1 aromatic rings. The van der Waals surface area contributed by atoms with Crippen molar-refractivity contribution in [3.05, 3.63) is 33.8 Å². The van der Waals surface area contributed by atoms with Crippen LogP contribution in [0.15, 0.2) is 18.2 Å². The lowest BCUT2D eigenvalue weighted by molar-refractivity contribution is 0.376. The lowest BCUT2D eigenvalue weighted by Crippen LogP contribution is -2.32. The third kappa shape index (κ3) is 2.01. The average Bonchev–Trinajstić information content (AvgIpc) is 2.86. The summed E-state index contributed by atoms with van der Waals surface area (Å²) in [6, 6.07) is 6.48. The third-order valence-corrected chi connectivity index (χ3v) is 6.67. The number of fused-ring (bicyclic) bond motifs is 5. The Hall–Kier alpha value is -0.240. The van der Waals surface area contributed by atoms with Crippen LogP contribution in [-0.4, -0.2) is 13.1 Å². The van der Waals surface area contributed by atoms with Crippen molar-refractivity contribution in [3.63, 3.8) is 0 Å². The summed E-state index contributed by atoms with van der Waals surface area (Å²) in [5, 5.41) is 5.10. The van der Waals surface area contributed by atoms with Crippen molar-refractivity contribution >= 4 is 23.2 Å². The van der Waals surface area contributed by atoms with E-state index < -0.39 is 0 Å². The highest BCUT2D eigenvalue weighted by Gasteiger charge is 2.66. The van der Waals surface area contributed by atoms with Gasteiger partial charge in [0.1, 0.15) is 0 Å². The molecule has 0 radical (unpaired) electrons. The molecule has 1 N–H and O–H groups in total. The number of hydrogen-bond acceptors (Lipinski definition) is 1. The lowest BCUT2D eigenvalue weighted by Gasteiger charge is -2.20. The van der Waals surface area contributed by atoms with E-state index in [0.717, 1.165) is 46.1 Å². The maximum atomic E-state index is 6.33. The topological polar surface area (TPSA) is 12.0 Å². The Labute approximate surface area is 131 Å². The summed E-state index contributed by atoms with van der Waals surface area (Å²) in [6.45, 7) is 0. The Morgan fingerprint density at radius 2 is 1.90 bits per heavy atom. The predicted octanol–water partition coefficient (Wildman–Crippen LogP) is 4.42. The molecule has 2 bridgehead atoms. The summed E-state index contributed by atoms with van der Waals surface area (Å²) in [5.41, 5.74) is 1.23. The lowest BCUT2D eigenvalue weighted by atomic mass is 9.93. The van der Waals surface area contributed by atoms with Gasteiger partial charge < -0.3 is 5.32 Å². The van der Waals surface area contributed by atoms with E-state index in [1.54, 1.807) is 0 Å². The SMILES string of the molecule is CNC(Cc1ccc(Cl)cc1Cl)C1C2C3CCC(C3)C21. The van der Waals surface area contributed by atoms with Crippen molar-refractivity contribution < 1.29 is 0 Å². The van der Waals surface area contributed by atoms with Crippen molar-refractivity contribution in [1.29, 1.82) is 0 Å². The Kier molecular flexibility index (Phi) is 3.29. The number of likely N-dealkylation sites (N-methyl/N-ethyl adjacent to an activating group) is 1. The summed E-state index contributed by atoms with van der Waals surface area (Å²) in [7, 11) is 2.10. The summed E-state index contributed by atoms with van der Waals surface area (Å²) in [6.07, 6.45) is 5.52. The maximum Gasteiger partial charge on any atom is 0.0453 e. The molecule has 1 aromatic carbocycles. The molecule has 0 aliphatic heterocycles. The van der Waals surface area contributed by atoms with Gasteiger partial charge in [-0.05, 0) is 80.0 Å². The molecule has 5 unspecified atom stereocenters. The van der Waals surface area contributed by atoms with Crippen LogP contribution in [0.3, 0.4) is 0 Å². The van der Waals surface area contributed by atoms with Crippen LogP contribution in [0.1, 0.15) is 24.8 Å². The number of rotatable bonds is 4. The van der Waals surface area contributed by atoms with Gasteiger partial charge in [-0.1, -0.05) is 29.3 Å². The van der Waals surface area contributed by atoms with Gasteiger partial charge in [0, 0.05) is 16.1 Å². The molecule has 20 heavy (non-hydrogen) atoms. The Balaban J connectivity index is 1.50. The zero-order valence-corrected chi connectivity index (χ0v) is 13.3. The van der Waals surface area contributed by atoms with Gasteiger partial charge in [-0.15, -0.1) is 0 Å². The average molecular weight is 310 g/mol. The molecule has 5 atom stereocenters. The second-order valence-corrected chi connectivity index (χ2v) is 7.74. The fourth-order valence-electron chi connectivity index (χ4n) is 5.29. The molecule has 3 aliphatic carbocycles. The minimum Gasteiger partial charge on any atom is -0.316 e. The summed E-state index contributed by atoms with van der Waals surface area (Å²) in [4.78, 5) is 0. The molecule has 0 amide bonds. The zero-order valence-electron chi connectivity index (χ0n) is 11.8. The van der Waals surface area contributed by atoms with Gasteiger partial charge in [-0.25, -0.2) is 0 Å². The van der Waals surface area contributed by atoms with E-state index in [0.29, 0.717) is 6.04 Å². The van der Waals surface area contributed by atoms with Crippen molar-refractivity contribution in [3.8, 4) is 0 Å². The zero-order chi connectivity index (χ0) is 13.9. The van der Waals surface area contributed by atoms with Gasteiger partial charge in [0.05, 0.1) is 0 Å². The molecule has 108 valence electrons. The molecule has 0 saturated heterocycles. The van der Waals surface area contributed by atoms with Gasteiger partial charge >= 0.3 is 0 Å². The van der Waals surface area contributed by atoms with Crippen LogP contribution in [0.4, 0.5) is 0 Å². The van der Waals surface area contributed by atoms with E-state index in [1.165, 1.54) is 24.8 Å². The summed E-state index contributed by atoms with van der Waals surface area (Å²) in [5.74, 6) is 4.98. The number of nitrogens with one attached hydrogen (secondary N) is 1. The molecule has 3 fully saturated rings. The standard InChI is InChI=1S/C17H21Cl2N/c1-20-14(7-9-4-5-12(18)8-13(9)19)17-15-10-2-3-11(6-10)16(15)17/h4-5,8,10-11,14-17,20H,2-3,6-7H2,1H3. The number of benzene rings is 1. The molecule has 3 aliphatic rings. The second kappa shape index (κ2) is 4.90. The first-order valence-corrected chi connectivity index (χ1v) is 8.56. The van der Waals surface area contributed by atoms with Gasteiger partial charge in [0.15, 0.2) is 0 Å². The van der Waals surface area contributed by atoms with Crippen LogP contribution in [0.5, 0.6) is 0 Å². The highest BCUT2D eigenvalue weighted by molar-refractivity contribution is 6.35. The Morgan fingerprint density at radius 1 is 1.20 bits per heavy atom. The van der Waals surface area contributed by atoms with Crippen molar-refractivity contribution in [2.45, 2.75) is 31.7 Å². The maximum absolute atomic E-state index is 6.33. The van der Waals surface area contributed by atoms with E-state index >= 15 is 0 Å². The molecular weight excluding hydrogens is 289 g/mol. The molecule has 0 spiro atoms. The quantitative estimate of drug-likeness (QED) is 0.868. The number of hydrogen-bond donors (Lipinski definition) is 1. The first-order valence-electron chi connectivity index (χ1n) is 7.80. The fraction of sp³-hybridized carbons (Fsp3) is 0.647. The minimum atomic E-state index is 0.576. The van der Waals surface area contributed by atoms with E-state index in [-0.39, 0.29) is 0 Å². The van der Waals surface area contributed by atoms with Crippen molar-refractivity contribution in [1.82, 2.24) is 5.32 Å². The van der Waals surface area contributed by atoms with Crippen LogP contribution < -0.4 is 5.32 Å². The second-order valence-electron chi connectivity index (χ2n) is 6.90. The molecule has 0 aromatic heterocycles. The molecule has 0 heterocycles. The third-order valence-electron chi connectivity index (χ3n) is 6.09. The van der Waals surface area contributed by atoms with Crippen molar-refractivity contribution in [2.24, 2.45) is 29.6 Å². The van der Waals surface area contributed by atoms with Crippen LogP contribution in [-0.2, 0) is 6.42 Å². The molecular formula is C17H21Cl2N. The van der Waals surface area contributed by atoms with Gasteiger partial charge in [-0.3, -0.25) is 0 Å². The van der Waals surface area contributed by atoms with Gasteiger partial charge in [0.2, 0.25) is 0 Å². The summed E-state index contributed by atoms with van der Waals surface area (Å²) < 4.78 is 0. The van der Waals surface area contributed by atoms with Crippen LogP contribution >= 0.6 is 23.2 Å². The largest absolute Gasteiger partial charge is 0.316 e. The molecule has 3 heteroatoms. The van der Waals surface area contributed by atoms with E-state index in [9.17, 15) is 0 Å². The highest BCUT2D eigenvalue weighted by Crippen LogP contribution is 2.70. The molecule has 4 rings (SSSR count). The van der Waals surface area contributed by atoms with E-state index in [2.05, 4.69) is 18.4 Å². The monoisotopic (exact) mass is 309 g/mol. The Morgan fingerprint density at radius 3 is 2.50 bits per heavy atom. The van der Waals surface area contributed by atoms with Crippen molar-refractivity contribution in [2.75, 3.05) is 7.05 Å². The fourth-order valence-corrected chi connectivity index (χ4v) is 5.77. The van der Waals surface area contributed by atoms with Crippen LogP contribution in [0.25, 0.3) is 0 Å². The first kappa shape index (κ1) is 13.4. The van der Waals surface area contributed by atoms with E-state index in [4.69, 9.17) is 23.2 Å². The first-order chi connectivity index (χ1) is 9.69. The van der Waals surface area contributed by atoms with Crippen LogP contribution in [0.2, 0.25) is 10.0 Å². The molecule has 3 saturated carbocycles. The van der Waals surface area contributed by atoms with E-state index in [1.807, 2.05) is 12.1 Å². The highest BCUT2D eigenvalue weighted by atomic mass is 35.5. The molecule has 1 nitrogen and oxygen atoms in total. The summed E-state index contributed by atoms with van der Waals surface area (Å²) >= 11 is 12.3.